The maximum absolute atomic E-state index is 12.8. The van der Waals surface area contributed by atoms with E-state index in [4.69, 9.17) is 20.9 Å². The fourth-order valence-electron chi connectivity index (χ4n) is 3.69. The van der Waals surface area contributed by atoms with Crippen molar-refractivity contribution in [1.82, 2.24) is 9.80 Å². The number of nitrogens with zero attached hydrogens (tertiary/aromatic N) is 2. The number of nitrogens with two attached hydrogens (primary N) is 2. The van der Waals surface area contributed by atoms with Gasteiger partial charge in [-0.1, -0.05) is 0 Å². The maximum atomic E-state index is 12.8. The zero-order chi connectivity index (χ0) is 22.9. The summed E-state index contributed by atoms with van der Waals surface area (Å²) in [6.07, 6.45) is 4.16. The van der Waals surface area contributed by atoms with Crippen molar-refractivity contribution in [3.05, 3.63) is 0 Å². The van der Waals surface area contributed by atoms with Gasteiger partial charge in [-0.25, -0.2) is 9.59 Å². The van der Waals surface area contributed by atoms with Crippen molar-refractivity contribution in [1.29, 1.82) is 0 Å². The molecular formula is C22H44N4O4. The average molecular weight is 429 g/mol. The summed E-state index contributed by atoms with van der Waals surface area (Å²) in [5, 5.41) is 0. The number of hydrogen-bond acceptors (Lipinski definition) is 6. The molecule has 0 unspecified atom stereocenters. The van der Waals surface area contributed by atoms with Gasteiger partial charge < -0.3 is 30.7 Å². The monoisotopic (exact) mass is 428 g/mol. The lowest BCUT2D eigenvalue weighted by atomic mass is 9.89. The van der Waals surface area contributed by atoms with Crippen LogP contribution in [-0.2, 0) is 9.47 Å². The van der Waals surface area contributed by atoms with Crippen molar-refractivity contribution in [2.45, 2.75) is 103 Å². The molecule has 4 N–H and O–H groups in total. The second kappa shape index (κ2) is 11.7. The first kappa shape index (κ1) is 26.5. The Labute approximate surface area is 182 Å². The zero-order valence-electron chi connectivity index (χ0n) is 19.9. The summed E-state index contributed by atoms with van der Waals surface area (Å²) >= 11 is 0. The molecule has 1 aliphatic rings. The molecule has 0 spiro atoms. The summed E-state index contributed by atoms with van der Waals surface area (Å²) in [5.74, 6) is 0. The largest absolute Gasteiger partial charge is 0.444 e. The summed E-state index contributed by atoms with van der Waals surface area (Å²) in [6, 6.07) is 0.190. The molecule has 0 radical (unpaired) electrons. The smallest absolute Gasteiger partial charge is 0.410 e. The third-order valence-corrected chi connectivity index (χ3v) is 5.01. The van der Waals surface area contributed by atoms with Gasteiger partial charge in [0.1, 0.15) is 11.2 Å². The Morgan fingerprint density at radius 1 is 0.733 bits per heavy atom. The van der Waals surface area contributed by atoms with Gasteiger partial charge in [-0.15, -0.1) is 0 Å². The number of carbonyl (C=O) groups is 2. The minimum absolute atomic E-state index is 0.0950. The Morgan fingerprint density at radius 2 is 1.03 bits per heavy atom. The highest BCUT2D eigenvalue weighted by Crippen LogP contribution is 2.29. The Morgan fingerprint density at radius 3 is 1.27 bits per heavy atom. The second-order valence-corrected chi connectivity index (χ2v) is 10.1. The summed E-state index contributed by atoms with van der Waals surface area (Å²) in [6.45, 7) is 13.5. The molecule has 0 aromatic rings. The first-order valence-corrected chi connectivity index (χ1v) is 11.3. The maximum Gasteiger partial charge on any atom is 0.410 e. The minimum Gasteiger partial charge on any atom is -0.444 e. The standard InChI is InChI=1S/C22H44N4O4/c1-21(2,3)29-19(27)25(15-7-13-23)17-9-11-18(12-10-17)26(16-8-14-24)20(28)30-22(4,5)6/h17-18H,7-16,23-24H2,1-6H3. The molecule has 8 nitrogen and oxygen atoms in total. The minimum atomic E-state index is -0.537. The summed E-state index contributed by atoms with van der Waals surface area (Å²) in [5.41, 5.74) is 10.3. The van der Waals surface area contributed by atoms with Crippen LogP contribution >= 0.6 is 0 Å². The molecule has 30 heavy (non-hydrogen) atoms. The fourth-order valence-corrected chi connectivity index (χ4v) is 3.69. The first-order valence-electron chi connectivity index (χ1n) is 11.3. The van der Waals surface area contributed by atoms with Crippen LogP contribution in [0.15, 0.2) is 0 Å². The van der Waals surface area contributed by atoms with Crippen LogP contribution in [0.1, 0.15) is 80.1 Å². The van der Waals surface area contributed by atoms with E-state index in [0.29, 0.717) is 26.2 Å². The molecular weight excluding hydrogens is 384 g/mol. The highest BCUT2D eigenvalue weighted by Gasteiger charge is 2.35. The Hall–Kier alpha value is -1.54. The third kappa shape index (κ3) is 9.51. The van der Waals surface area contributed by atoms with Crippen molar-refractivity contribution in [2.75, 3.05) is 26.2 Å². The molecule has 0 bridgehead atoms. The predicted octanol–water partition coefficient (Wildman–Crippen LogP) is 3.47. The molecule has 1 fully saturated rings. The van der Waals surface area contributed by atoms with Gasteiger partial charge in [-0.05, 0) is 93.2 Å². The van der Waals surface area contributed by atoms with E-state index in [-0.39, 0.29) is 24.3 Å². The second-order valence-electron chi connectivity index (χ2n) is 10.1. The van der Waals surface area contributed by atoms with Crippen LogP contribution in [0.25, 0.3) is 0 Å². The molecule has 0 aliphatic heterocycles. The van der Waals surface area contributed by atoms with E-state index >= 15 is 0 Å². The van der Waals surface area contributed by atoms with E-state index < -0.39 is 11.2 Å². The zero-order valence-corrected chi connectivity index (χ0v) is 19.9. The van der Waals surface area contributed by atoms with E-state index in [1.165, 1.54) is 0 Å². The molecule has 8 heteroatoms. The average Bonchev–Trinajstić information content (AvgIpc) is 2.60. The van der Waals surface area contributed by atoms with Crippen LogP contribution in [0.4, 0.5) is 9.59 Å². The summed E-state index contributed by atoms with van der Waals surface area (Å²) < 4.78 is 11.2. The first-order chi connectivity index (χ1) is 13.9. The molecule has 176 valence electrons. The van der Waals surface area contributed by atoms with Crippen LogP contribution in [-0.4, -0.2) is 71.5 Å². The number of amides is 2. The lowest BCUT2D eigenvalue weighted by Gasteiger charge is -2.41. The molecule has 0 aromatic carbocycles. The van der Waals surface area contributed by atoms with E-state index in [1.54, 1.807) is 0 Å². The Bertz CT molecular complexity index is 486. The number of ether oxygens (including phenoxy) is 2. The highest BCUT2D eigenvalue weighted by molar-refractivity contribution is 5.69. The summed E-state index contributed by atoms with van der Waals surface area (Å²) in [7, 11) is 0. The molecule has 0 saturated heterocycles. The molecule has 2 amide bonds. The van der Waals surface area contributed by atoms with Gasteiger partial charge in [0.05, 0.1) is 0 Å². The van der Waals surface area contributed by atoms with Crippen molar-refractivity contribution in [2.24, 2.45) is 11.5 Å². The molecule has 1 aliphatic carbocycles. The van der Waals surface area contributed by atoms with Gasteiger partial charge in [0.2, 0.25) is 0 Å². The van der Waals surface area contributed by atoms with Gasteiger partial charge in [-0.3, -0.25) is 0 Å². The van der Waals surface area contributed by atoms with Crippen molar-refractivity contribution < 1.29 is 19.1 Å². The molecule has 1 rings (SSSR count). The molecule has 1 saturated carbocycles. The Balaban J connectivity index is 2.81. The van der Waals surface area contributed by atoms with Crippen LogP contribution in [0.2, 0.25) is 0 Å². The van der Waals surface area contributed by atoms with Crippen molar-refractivity contribution in [3.63, 3.8) is 0 Å². The van der Waals surface area contributed by atoms with Crippen LogP contribution in [0.3, 0.4) is 0 Å². The Kier molecular flexibility index (Phi) is 10.4. The SMILES string of the molecule is CC(C)(C)OC(=O)N(CCCN)C1CCC(N(CCCN)C(=O)OC(C)(C)C)CC1. The third-order valence-electron chi connectivity index (χ3n) is 5.01. The van der Waals surface area contributed by atoms with Crippen LogP contribution < -0.4 is 11.5 Å². The van der Waals surface area contributed by atoms with Gasteiger partial charge in [0.25, 0.3) is 0 Å². The van der Waals surface area contributed by atoms with Gasteiger partial charge in [0, 0.05) is 25.2 Å². The number of hydrogen-bond donors (Lipinski definition) is 2. The van der Waals surface area contributed by atoms with Gasteiger partial charge in [-0.2, -0.15) is 0 Å². The molecule has 0 atom stereocenters. The quantitative estimate of drug-likeness (QED) is 0.612. The van der Waals surface area contributed by atoms with Gasteiger partial charge >= 0.3 is 12.2 Å². The fraction of sp³-hybridized carbons (Fsp3) is 0.909. The van der Waals surface area contributed by atoms with E-state index in [9.17, 15) is 9.59 Å². The summed E-state index contributed by atoms with van der Waals surface area (Å²) in [4.78, 5) is 29.2. The van der Waals surface area contributed by atoms with E-state index in [0.717, 1.165) is 38.5 Å². The number of carbonyl (C=O) groups excluding carboxylic acids is 2. The normalized spacial score (nSPS) is 19.9. The van der Waals surface area contributed by atoms with Gasteiger partial charge in [0.15, 0.2) is 0 Å². The molecule has 0 heterocycles. The topological polar surface area (TPSA) is 111 Å². The highest BCUT2D eigenvalue weighted by atomic mass is 16.6. The van der Waals surface area contributed by atoms with Crippen molar-refractivity contribution >= 4 is 12.2 Å². The lowest BCUT2D eigenvalue weighted by molar-refractivity contribution is -0.00211. The van der Waals surface area contributed by atoms with E-state index in [1.807, 2.05) is 51.3 Å². The van der Waals surface area contributed by atoms with Crippen LogP contribution in [0, 0.1) is 0 Å². The molecule has 0 aromatic heterocycles. The lowest BCUT2D eigenvalue weighted by Crippen LogP contribution is -2.50. The van der Waals surface area contributed by atoms with Crippen molar-refractivity contribution in [3.8, 4) is 0 Å². The predicted molar refractivity (Wildman–Crippen MR) is 119 cm³/mol. The van der Waals surface area contributed by atoms with Crippen LogP contribution in [0.5, 0.6) is 0 Å². The number of rotatable bonds is 8. The van der Waals surface area contributed by atoms with E-state index in [2.05, 4.69) is 0 Å².